The Morgan fingerprint density at radius 3 is 1.03 bits per heavy atom. The van der Waals surface area contributed by atoms with Gasteiger partial charge in [0.1, 0.15) is 0 Å². The number of carboxylic acid groups (broad SMARTS) is 3. The third kappa shape index (κ3) is 14.0. The maximum atomic E-state index is 11.8. The van der Waals surface area contributed by atoms with E-state index in [0.29, 0.717) is 6.42 Å². The fourth-order valence-corrected chi connectivity index (χ4v) is 5.53. The van der Waals surface area contributed by atoms with Crippen molar-refractivity contribution in [3.05, 3.63) is 12.7 Å². The second-order valence-electron chi connectivity index (χ2n) is 10.8. The highest BCUT2D eigenvalue weighted by Gasteiger charge is 2.52. The van der Waals surface area contributed by atoms with Crippen LogP contribution >= 0.6 is 0 Å². The number of aliphatic carboxylic acids is 3. The largest absolute Gasteiger partial charge is 0.477 e. The molecule has 0 aliphatic rings. The van der Waals surface area contributed by atoms with Crippen LogP contribution in [0.3, 0.4) is 0 Å². The third-order valence-electron chi connectivity index (χ3n) is 8.19. The van der Waals surface area contributed by atoms with Crippen molar-refractivity contribution in [1.82, 2.24) is 0 Å². The lowest BCUT2D eigenvalue weighted by Crippen LogP contribution is -2.70. The number of nitrogens with zero attached hydrogens (tertiary/aromatic N) is 1. The third-order valence-corrected chi connectivity index (χ3v) is 8.19. The molecule has 0 aliphatic carbocycles. The fraction of sp³-hybridized carbons (Fsp3) is 0.833. The fourth-order valence-electron chi connectivity index (χ4n) is 5.53. The van der Waals surface area contributed by atoms with Gasteiger partial charge in [-0.05, 0) is 46.5 Å². The van der Waals surface area contributed by atoms with Crippen LogP contribution in [0.15, 0.2) is 12.7 Å². The molecule has 216 valence electrons. The summed E-state index contributed by atoms with van der Waals surface area (Å²) in [7, 11) is 0. The summed E-state index contributed by atoms with van der Waals surface area (Å²) < 4.78 is -0.476. The van der Waals surface area contributed by atoms with E-state index in [1.165, 1.54) is 104 Å². The van der Waals surface area contributed by atoms with Crippen molar-refractivity contribution in [2.45, 2.75) is 154 Å². The van der Waals surface area contributed by atoms with Crippen LogP contribution in [0.4, 0.5) is 0 Å². The molecule has 7 nitrogen and oxygen atoms in total. The van der Waals surface area contributed by atoms with Crippen LogP contribution in [0.5, 0.6) is 0 Å². The molecule has 7 heteroatoms. The van der Waals surface area contributed by atoms with Gasteiger partial charge in [-0.2, -0.15) is 0 Å². The van der Waals surface area contributed by atoms with E-state index in [2.05, 4.69) is 6.58 Å². The summed E-state index contributed by atoms with van der Waals surface area (Å²) in [5, 5.41) is 28.9. The van der Waals surface area contributed by atoms with Crippen molar-refractivity contribution < 1.29 is 34.2 Å². The number of unbranched alkanes of at least 4 members (excludes halogenated alkanes) is 17. The molecule has 0 heterocycles. The van der Waals surface area contributed by atoms with Gasteiger partial charge in [-0.3, -0.25) is 4.48 Å². The average Bonchev–Trinajstić information content (AvgIpc) is 2.86. The zero-order valence-electron chi connectivity index (χ0n) is 24.0. The molecule has 0 saturated carbocycles. The van der Waals surface area contributed by atoms with E-state index >= 15 is 0 Å². The van der Waals surface area contributed by atoms with Crippen molar-refractivity contribution in [1.29, 1.82) is 0 Å². The van der Waals surface area contributed by atoms with Crippen molar-refractivity contribution >= 4 is 17.9 Å². The highest BCUT2D eigenvalue weighted by Crippen LogP contribution is 2.27. The van der Waals surface area contributed by atoms with Crippen LogP contribution in [-0.2, 0) is 14.4 Å². The number of allylic oxidation sites excluding steroid dienone is 1. The van der Waals surface area contributed by atoms with Crippen LogP contribution in [0.1, 0.15) is 136 Å². The van der Waals surface area contributed by atoms with Gasteiger partial charge in [0.25, 0.3) is 0 Å². The molecule has 3 atom stereocenters. The standard InChI is InChI=1S/C30H55NO6/c1-5-6-7-8-9-10-11-12-13-14-15-16-17-18-19-20-21-22-23-24-31(25(2)28(32)33,26(3)29(34)35)27(4)30(36)37/h5,25-27H,1,6-24H2,2-4H3,(H2-,32,33,34,35,36,37)/p+1. The number of quaternary nitrogens is 1. The molecule has 0 aliphatic heterocycles. The van der Waals surface area contributed by atoms with E-state index in [4.69, 9.17) is 0 Å². The Morgan fingerprint density at radius 2 is 0.784 bits per heavy atom. The Morgan fingerprint density at radius 1 is 0.541 bits per heavy atom. The lowest BCUT2D eigenvalue weighted by Gasteiger charge is -2.47. The highest BCUT2D eigenvalue weighted by atomic mass is 16.4. The van der Waals surface area contributed by atoms with Gasteiger partial charge in [0.05, 0.1) is 6.54 Å². The number of rotatable bonds is 26. The number of hydrogen-bond acceptors (Lipinski definition) is 3. The van der Waals surface area contributed by atoms with E-state index in [0.717, 1.165) is 25.7 Å². The van der Waals surface area contributed by atoms with Crippen LogP contribution in [0.25, 0.3) is 0 Å². The summed E-state index contributed by atoms with van der Waals surface area (Å²) in [5.74, 6) is -3.51. The highest BCUT2D eigenvalue weighted by molar-refractivity contribution is 5.77. The maximum absolute atomic E-state index is 11.8. The van der Waals surface area contributed by atoms with E-state index in [1.807, 2.05) is 6.08 Å². The second-order valence-corrected chi connectivity index (χ2v) is 10.8. The Balaban J connectivity index is 4.09. The minimum atomic E-state index is -1.17. The molecule has 0 bridgehead atoms. The molecular formula is C30H56NO6+. The molecule has 3 N–H and O–H groups in total. The smallest absolute Gasteiger partial charge is 0.362 e. The SMILES string of the molecule is C=CCCCCCCCCCCCCCCCCCCC[N+](C(C)C(=O)O)(C(C)C(=O)O)C(C)C(=O)O. The Kier molecular flexibility index (Phi) is 20.0. The van der Waals surface area contributed by atoms with Gasteiger partial charge in [-0.25, -0.2) is 14.4 Å². The molecule has 0 amide bonds. The first-order valence-electron chi connectivity index (χ1n) is 14.8. The van der Waals surface area contributed by atoms with Crippen LogP contribution in [0.2, 0.25) is 0 Å². The van der Waals surface area contributed by atoms with Gasteiger partial charge in [0.15, 0.2) is 18.1 Å². The van der Waals surface area contributed by atoms with E-state index < -0.39 is 40.5 Å². The number of hydrogen-bond donors (Lipinski definition) is 3. The normalized spacial score (nSPS) is 15.4. The molecule has 0 saturated heterocycles. The summed E-state index contributed by atoms with van der Waals surface area (Å²) in [6.45, 7) is 8.26. The minimum Gasteiger partial charge on any atom is -0.477 e. The average molecular weight is 527 g/mol. The van der Waals surface area contributed by atoms with Crippen LogP contribution in [0, 0.1) is 0 Å². The van der Waals surface area contributed by atoms with E-state index in [9.17, 15) is 29.7 Å². The summed E-state index contributed by atoms with van der Waals surface area (Å²) in [5.41, 5.74) is 0. The molecule has 0 radical (unpaired) electrons. The Labute approximate surface area is 225 Å². The van der Waals surface area contributed by atoms with Crippen LogP contribution in [-0.4, -0.2) is 62.4 Å². The summed E-state index contributed by atoms with van der Waals surface area (Å²) in [4.78, 5) is 35.4. The zero-order valence-corrected chi connectivity index (χ0v) is 24.0. The molecule has 37 heavy (non-hydrogen) atoms. The summed E-state index contributed by atoms with van der Waals surface area (Å²) >= 11 is 0. The molecule has 0 aromatic heterocycles. The molecule has 0 rings (SSSR count). The molecular weight excluding hydrogens is 470 g/mol. The zero-order chi connectivity index (χ0) is 28.1. The predicted molar refractivity (Wildman–Crippen MR) is 150 cm³/mol. The van der Waals surface area contributed by atoms with Gasteiger partial charge in [-0.15, -0.1) is 6.58 Å². The van der Waals surface area contributed by atoms with Gasteiger partial charge < -0.3 is 15.3 Å². The predicted octanol–water partition coefficient (Wildman–Crippen LogP) is 7.43. The lowest BCUT2D eigenvalue weighted by molar-refractivity contribution is -0.968. The van der Waals surface area contributed by atoms with Crippen LogP contribution < -0.4 is 0 Å². The van der Waals surface area contributed by atoms with Crippen molar-refractivity contribution in [2.24, 2.45) is 0 Å². The monoisotopic (exact) mass is 526 g/mol. The first-order chi connectivity index (χ1) is 17.6. The molecule has 0 aromatic carbocycles. The Hall–Kier alpha value is -1.89. The number of carbonyl (C=O) groups is 3. The number of carboxylic acids is 3. The molecule has 3 unspecified atom stereocenters. The first-order valence-corrected chi connectivity index (χ1v) is 14.8. The van der Waals surface area contributed by atoms with E-state index in [-0.39, 0.29) is 6.54 Å². The summed E-state index contributed by atoms with van der Waals surface area (Å²) in [6, 6.07) is -3.36. The van der Waals surface area contributed by atoms with Gasteiger partial charge in [-0.1, -0.05) is 96.0 Å². The summed E-state index contributed by atoms with van der Waals surface area (Å²) in [6.07, 6.45) is 23.8. The van der Waals surface area contributed by atoms with Gasteiger partial charge in [0, 0.05) is 0 Å². The lowest BCUT2D eigenvalue weighted by atomic mass is 9.99. The minimum absolute atomic E-state index is 0.226. The van der Waals surface area contributed by atoms with Crippen molar-refractivity contribution in [3.63, 3.8) is 0 Å². The quantitative estimate of drug-likeness (QED) is 0.0614. The van der Waals surface area contributed by atoms with Gasteiger partial charge >= 0.3 is 17.9 Å². The van der Waals surface area contributed by atoms with Crippen molar-refractivity contribution in [3.8, 4) is 0 Å². The molecule has 0 fully saturated rings. The van der Waals surface area contributed by atoms with E-state index in [1.54, 1.807) is 0 Å². The second kappa shape index (κ2) is 21.1. The molecule has 0 spiro atoms. The molecule has 0 aromatic rings. The topological polar surface area (TPSA) is 112 Å². The first kappa shape index (κ1) is 35.1. The maximum Gasteiger partial charge on any atom is 0.362 e. The Bertz CT molecular complexity index is 600. The van der Waals surface area contributed by atoms with Gasteiger partial charge in [0.2, 0.25) is 0 Å². The van der Waals surface area contributed by atoms with Crippen molar-refractivity contribution in [2.75, 3.05) is 6.54 Å².